The first-order chi connectivity index (χ1) is 10.2. The predicted molar refractivity (Wildman–Crippen MR) is 87.2 cm³/mol. The molecular weight excluding hydrogens is 334 g/mol. The summed E-state index contributed by atoms with van der Waals surface area (Å²) in [6.07, 6.45) is 3.63. The maximum atomic E-state index is 5.94. The predicted octanol–water partition coefficient (Wildman–Crippen LogP) is 3.52. The highest BCUT2D eigenvalue weighted by atomic mass is 79.9. The second-order valence-corrected chi connectivity index (χ2v) is 6.04. The van der Waals surface area contributed by atoms with Crippen LogP contribution in [0.4, 0.5) is 0 Å². The Kier molecular flexibility index (Phi) is 6.80. The zero-order valence-electron chi connectivity index (χ0n) is 12.8. The van der Waals surface area contributed by atoms with Crippen LogP contribution in [0.3, 0.4) is 0 Å². The quantitative estimate of drug-likeness (QED) is 0.810. The van der Waals surface area contributed by atoms with Gasteiger partial charge in [0.25, 0.3) is 0 Å². The van der Waals surface area contributed by atoms with Gasteiger partial charge < -0.3 is 19.5 Å². The fourth-order valence-electron chi connectivity index (χ4n) is 2.40. The molecule has 0 aliphatic carbocycles. The third-order valence-corrected chi connectivity index (χ3v) is 4.14. The Labute approximate surface area is 135 Å². The van der Waals surface area contributed by atoms with E-state index in [0.29, 0.717) is 6.61 Å². The summed E-state index contributed by atoms with van der Waals surface area (Å²) in [5, 5.41) is 3.31. The first-order valence-electron chi connectivity index (χ1n) is 7.56. The van der Waals surface area contributed by atoms with Crippen LogP contribution in [0.2, 0.25) is 0 Å². The van der Waals surface area contributed by atoms with Crippen molar-refractivity contribution in [3.63, 3.8) is 0 Å². The molecule has 1 fully saturated rings. The second kappa shape index (κ2) is 8.61. The maximum Gasteiger partial charge on any atom is 0.175 e. The van der Waals surface area contributed by atoms with Crippen LogP contribution in [-0.4, -0.2) is 33.0 Å². The number of hydrogen-bond donors (Lipinski definition) is 1. The number of hydrogen-bond acceptors (Lipinski definition) is 4. The Bertz CT molecular complexity index is 447. The highest BCUT2D eigenvalue weighted by molar-refractivity contribution is 9.10. The number of benzene rings is 1. The Balaban J connectivity index is 2.03. The summed E-state index contributed by atoms with van der Waals surface area (Å²) in [4.78, 5) is 0. The van der Waals surface area contributed by atoms with Crippen molar-refractivity contribution in [2.24, 2.45) is 0 Å². The Morgan fingerprint density at radius 2 is 2.24 bits per heavy atom. The van der Waals surface area contributed by atoms with Gasteiger partial charge in [-0.3, -0.25) is 0 Å². The van der Waals surface area contributed by atoms with Crippen molar-refractivity contribution in [2.45, 2.75) is 38.8 Å². The largest absolute Gasteiger partial charge is 0.493 e. The second-order valence-electron chi connectivity index (χ2n) is 5.19. The number of methoxy groups -OCH3 is 1. The fourth-order valence-corrected chi connectivity index (χ4v) is 3.00. The standard InChI is InChI=1S/C16H24BrNO3/c1-3-18-10-12-8-14(17)16(15(9-12)19-2)21-11-13-6-4-5-7-20-13/h8-9,13,18H,3-7,10-11H2,1-2H3. The molecule has 0 spiro atoms. The van der Waals surface area contributed by atoms with Gasteiger partial charge in [0, 0.05) is 13.2 Å². The molecule has 1 aliphatic rings. The molecule has 1 N–H and O–H groups in total. The molecule has 1 saturated heterocycles. The molecule has 0 bridgehead atoms. The van der Waals surface area contributed by atoms with E-state index in [4.69, 9.17) is 14.2 Å². The fraction of sp³-hybridized carbons (Fsp3) is 0.625. The number of ether oxygens (including phenoxy) is 3. The van der Waals surface area contributed by atoms with Crippen LogP contribution in [-0.2, 0) is 11.3 Å². The van der Waals surface area contributed by atoms with Crippen molar-refractivity contribution in [3.8, 4) is 11.5 Å². The smallest absolute Gasteiger partial charge is 0.175 e. The minimum Gasteiger partial charge on any atom is -0.493 e. The summed E-state index contributed by atoms with van der Waals surface area (Å²) >= 11 is 3.58. The van der Waals surface area contributed by atoms with Crippen LogP contribution in [0.15, 0.2) is 16.6 Å². The van der Waals surface area contributed by atoms with E-state index in [1.807, 2.05) is 6.07 Å². The molecule has 118 valence electrons. The molecule has 1 heterocycles. The first kappa shape index (κ1) is 16.6. The lowest BCUT2D eigenvalue weighted by Gasteiger charge is -2.23. The van der Waals surface area contributed by atoms with E-state index < -0.39 is 0 Å². The average Bonchev–Trinajstić information content (AvgIpc) is 2.52. The van der Waals surface area contributed by atoms with Crippen molar-refractivity contribution >= 4 is 15.9 Å². The lowest BCUT2D eigenvalue weighted by atomic mass is 10.1. The van der Waals surface area contributed by atoms with E-state index in [1.54, 1.807) is 7.11 Å². The zero-order chi connectivity index (χ0) is 15.1. The lowest BCUT2D eigenvalue weighted by Crippen LogP contribution is -2.26. The van der Waals surface area contributed by atoms with Crippen LogP contribution < -0.4 is 14.8 Å². The summed E-state index contributed by atoms with van der Waals surface area (Å²) < 4.78 is 18.0. The molecule has 0 aromatic heterocycles. The molecule has 1 atom stereocenters. The topological polar surface area (TPSA) is 39.7 Å². The number of rotatable bonds is 7. The summed E-state index contributed by atoms with van der Waals surface area (Å²) in [6.45, 7) is 5.26. The molecule has 0 saturated carbocycles. The van der Waals surface area contributed by atoms with Gasteiger partial charge in [-0.1, -0.05) is 6.92 Å². The Morgan fingerprint density at radius 3 is 2.90 bits per heavy atom. The Hall–Kier alpha value is -0.780. The minimum atomic E-state index is 0.191. The van der Waals surface area contributed by atoms with Gasteiger partial charge in [0.2, 0.25) is 0 Å². The maximum absolute atomic E-state index is 5.94. The van der Waals surface area contributed by atoms with Crippen molar-refractivity contribution in [2.75, 3.05) is 26.9 Å². The molecule has 0 radical (unpaired) electrons. The van der Waals surface area contributed by atoms with Crippen LogP contribution in [0, 0.1) is 0 Å². The monoisotopic (exact) mass is 357 g/mol. The van der Waals surface area contributed by atoms with E-state index in [2.05, 4.69) is 34.2 Å². The molecule has 1 unspecified atom stereocenters. The molecule has 0 amide bonds. The van der Waals surface area contributed by atoms with Gasteiger partial charge in [-0.15, -0.1) is 0 Å². The molecule has 1 aliphatic heterocycles. The van der Waals surface area contributed by atoms with Gasteiger partial charge >= 0.3 is 0 Å². The number of nitrogens with one attached hydrogen (secondary N) is 1. The van der Waals surface area contributed by atoms with Crippen molar-refractivity contribution in [1.29, 1.82) is 0 Å². The first-order valence-corrected chi connectivity index (χ1v) is 8.35. The SMILES string of the molecule is CCNCc1cc(Br)c(OCC2CCCCO2)c(OC)c1. The van der Waals surface area contributed by atoms with E-state index in [1.165, 1.54) is 12.0 Å². The normalized spacial score (nSPS) is 18.5. The van der Waals surface area contributed by atoms with E-state index in [0.717, 1.165) is 48.5 Å². The van der Waals surface area contributed by atoms with E-state index in [9.17, 15) is 0 Å². The molecule has 5 heteroatoms. The van der Waals surface area contributed by atoms with Gasteiger partial charge in [-0.2, -0.15) is 0 Å². The van der Waals surface area contributed by atoms with Crippen LogP contribution in [0.1, 0.15) is 31.7 Å². The zero-order valence-corrected chi connectivity index (χ0v) is 14.4. The molecule has 1 aromatic carbocycles. The van der Waals surface area contributed by atoms with Crippen LogP contribution >= 0.6 is 15.9 Å². The van der Waals surface area contributed by atoms with Crippen molar-refractivity contribution < 1.29 is 14.2 Å². The minimum absolute atomic E-state index is 0.191. The summed E-state index contributed by atoms with van der Waals surface area (Å²) in [5.41, 5.74) is 1.17. The molecule has 21 heavy (non-hydrogen) atoms. The Morgan fingerprint density at radius 1 is 1.38 bits per heavy atom. The molecule has 2 rings (SSSR count). The van der Waals surface area contributed by atoms with Gasteiger partial charge in [0.15, 0.2) is 11.5 Å². The average molecular weight is 358 g/mol. The van der Waals surface area contributed by atoms with Crippen molar-refractivity contribution in [3.05, 3.63) is 22.2 Å². The highest BCUT2D eigenvalue weighted by Crippen LogP contribution is 2.37. The molecule has 4 nitrogen and oxygen atoms in total. The lowest BCUT2D eigenvalue weighted by molar-refractivity contribution is -0.0116. The molecular formula is C16H24BrNO3. The summed E-state index contributed by atoms with van der Waals surface area (Å²) in [7, 11) is 1.67. The van der Waals surface area contributed by atoms with Gasteiger partial charge in [0.1, 0.15) is 6.61 Å². The van der Waals surface area contributed by atoms with Gasteiger partial charge in [-0.05, 0) is 59.4 Å². The number of halogens is 1. The third kappa shape index (κ3) is 4.87. The third-order valence-electron chi connectivity index (χ3n) is 3.56. The van der Waals surface area contributed by atoms with Gasteiger partial charge in [0.05, 0.1) is 17.7 Å². The van der Waals surface area contributed by atoms with E-state index in [-0.39, 0.29) is 6.10 Å². The van der Waals surface area contributed by atoms with Gasteiger partial charge in [-0.25, -0.2) is 0 Å². The summed E-state index contributed by atoms with van der Waals surface area (Å²) in [5.74, 6) is 1.51. The molecule has 1 aromatic rings. The highest BCUT2D eigenvalue weighted by Gasteiger charge is 2.17. The summed E-state index contributed by atoms with van der Waals surface area (Å²) in [6, 6.07) is 4.09. The van der Waals surface area contributed by atoms with Crippen LogP contribution in [0.25, 0.3) is 0 Å². The van der Waals surface area contributed by atoms with E-state index >= 15 is 0 Å². The van der Waals surface area contributed by atoms with Crippen molar-refractivity contribution in [1.82, 2.24) is 5.32 Å². The van der Waals surface area contributed by atoms with Crippen LogP contribution in [0.5, 0.6) is 11.5 Å².